The van der Waals surface area contributed by atoms with Crippen molar-refractivity contribution >= 4 is 23.3 Å². The average Bonchev–Trinajstić information content (AvgIpc) is 3.30. The van der Waals surface area contributed by atoms with E-state index < -0.39 is 0 Å². The maximum atomic E-state index is 12.2. The van der Waals surface area contributed by atoms with E-state index in [4.69, 9.17) is 0 Å². The Labute approximate surface area is 134 Å². The second kappa shape index (κ2) is 6.64. The van der Waals surface area contributed by atoms with Crippen LogP contribution in [-0.2, 0) is 11.3 Å². The summed E-state index contributed by atoms with van der Waals surface area (Å²) in [5, 5.41) is 5.89. The molecule has 1 N–H and O–H groups in total. The summed E-state index contributed by atoms with van der Waals surface area (Å²) in [7, 11) is 0. The molecular formula is C15H22N4O2S. The van der Waals surface area contributed by atoms with Gasteiger partial charge in [-0.1, -0.05) is 0 Å². The van der Waals surface area contributed by atoms with Gasteiger partial charge < -0.3 is 15.1 Å². The number of nitrogens with one attached hydrogen (secondary N) is 1. The van der Waals surface area contributed by atoms with Crippen LogP contribution >= 0.6 is 11.3 Å². The van der Waals surface area contributed by atoms with E-state index in [0.717, 1.165) is 36.5 Å². The predicted octanol–water partition coefficient (Wildman–Crippen LogP) is 1.61. The first kappa shape index (κ1) is 15.3. The average molecular weight is 322 g/mol. The van der Waals surface area contributed by atoms with E-state index in [1.807, 2.05) is 17.2 Å². The van der Waals surface area contributed by atoms with Crippen molar-refractivity contribution in [1.29, 1.82) is 0 Å². The summed E-state index contributed by atoms with van der Waals surface area (Å²) >= 11 is 1.59. The lowest BCUT2D eigenvalue weighted by molar-refractivity contribution is -0.132. The van der Waals surface area contributed by atoms with Crippen LogP contribution < -0.4 is 5.32 Å². The Morgan fingerprint density at radius 1 is 1.27 bits per heavy atom. The van der Waals surface area contributed by atoms with Crippen molar-refractivity contribution in [3.05, 3.63) is 16.1 Å². The summed E-state index contributed by atoms with van der Waals surface area (Å²) < 4.78 is 0. The molecule has 2 heterocycles. The van der Waals surface area contributed by atoms with Gasteiger partial charge in [-0.25, -0.2) is 9.78 Å². The highest BCUT2D eigenvalue weighted by atomic mass is 32.1. The molecule has 2 fully saturated rings. The number of carbonyl (C=O) groups is 2. The highest BCUT2D eigenvalue weighted by Gasteiger charge is 2.34. The molecule has 0 atom stereocenters. The lowest BCUT2D eigenvalue weighted by Gasteiger charge is -2.22. The van der Waals surface area contributed by atoms with Crippen LogP contribution in [0.15, 0.2) is 5.38 Å². The van der Waals surface area contributed by atoms with Gasteiger partial charge in [0.05, 0.1) is 17.2 Å². The minimum Gasteiger partial charge on any atom is -0.341 e. The van der Waals surface area contributed by atoms with Crippen LogP contribution in [0.5, 0.6) is 0 Å². The molecule has 1 aromatic rings. The summed E-state index contributed by atoms with van der Waals surface area (Å²) in [6.07, 6.45) is 2.92. The number of nitrogens with zero attached hydrogens (tertiary/aromatic N) is 3. The first-order chi connectivity index (χ1) is 10.6. The molecule has 0 bridgehead atoms. The zero-order chi connectivity index (χ0) is 15.5. The van der Waals surface area contributed by atoms with Crippen molar-refractivity contribution in [2.45, 2.75) is 32.7 Å². The fourth-order valence-corrected chi connectivity index (χ4v) is 3.31. The van der Waals surface area contributed by atoms with E-state index >= 15 is 0 Å². The molecule has 0 spiro atoms. The number of thiazole rings is 1. The minimum atomic E-state index is -0.0635. The maximum absolute atomic E-state index is 12.2. The Balaban J connectivity index is 1.47. The number of urea groups is 1. The SMILES string of the molecule is Cc1nc(CNC(=O)N2CCCN(C(=O)C3CC3)CC2)cs1. The van der Waals surface area contributed by atoms with E-state index in [0.29, 0.717) is 26.2 Å². The number of hydrogen-bond donors (Lipinski definition) is 1. The number of aromatic nitrogens is 1. The van der Waals surface area contributed by atoms with Gasteiger partial charge in [-0.05, 0) is 26.2 Å². The molecule has 120 valence electrons. The van der Waals surface area contributed by atoms with Crippen molar-refractivity contribution < 1.29 is 9.59 Å². The fourth-order valence-electron chi connectivity index (χ4n) is 2.70. The normalized spacial score (nSPS) is 19.0. The smallest absolute Gasteiger partial charge is 0.317 e. The monoisotopic (exact) mass is 322 g/mol. The Bertz CT molecular complexity index is 555. The third-order valence-corrected chi connectivity index (χ3v) is 4.93. The zero-order valence-electron chi connectivity index (χ0n) is 12.9. The standard InChI is InChI=1S/C15H22N4O2S/c1-11-17-13(10-22-11)9-16-15(21)19-6-2-5-18(7-8-19)14(20)12-3-4-12/h10,12H,2-9H2,1H3,(H,16,21). The van der Waals surface area contributed by atoms with Gasteiger partial charge in [0, 0.05) is 37.5 Å². The summed E-state index contributed by atoms with van der Waals surface area (Å²) in [5.41, 5.74) is 0.899. The molecule has 3 amide bonds. The largest absolute Gasteiger partial charge is 0.341 e. The second-order valence-corrected chi connectivity index (χ2v) is 7.02. The van der Waals surface area contributed by atoms with Crippen molar-refractivity contribution in [2.75, 3.05) is 26.2 Å². The molecular weight excluding hydrogens is 300 g/mol. The minimum absolute atomic E-state index is 0.0635. The van der Waals surface area contributed by atoms with E-state index in [9.17, 15) is 9.59 Å². The Morgan fingerprint density at radius 3 is 2.68 bits per heavy atom. The number of carbonyl (C=O) groups excluding carboxylic acids is 2. The molecule has 1 aliphatic heterocycles. The van der Waals surface area contributed by atoms with Gasteiger partial charge in [0.2, 0.25) is 5.91 Å². The van der Waals surface area contributed by atoms with Crippen LogP contribution in [0.2, 0.25) is 0 Å². The van der Waals surface area contributed by atoms with Crippen molar-refractivity contribution in [1.82, 2.24) is 20.1 Å². The molecule has 1 saturated heterocycles. The van der Waals surface area contributed by atoms with E-state index in [-0.39, 0.29) is 17.9 Å². The molecule has 1 aliphatic carbocycles. The van der Waals surface area contributed by atoms with Gasteiger partial charge in [0.25, 0.3) is 0 Å². The van der Waals surface area contributed by atoms with Crippen molar-refractivity contribution in [2.24, 2.45) is 5.92 Å². The number of aryl methyl sites for hydroxylation is 1. The number of rotatable bonds is 3. The number of amides is 3. The van der Waals surface area contributed by atoms with Crippen LogP contribution in [0.1, 0.15) is 30.0 Å². The molecule has 0 unspecified atom stereocenters. The molecule has 22 heavy (non-hydrogen) atoms. The molecule has 3 rings (SSSR count). The summed E-state index contributed by atoms with van der Waals surface area (Å²) in [4.78, 5) is 32.4. The molecule has 6 nitrogen and oxygen atoms in total. The molecule has 0 aromatic carbocycles. The van der Waals surface area contributed by atoms with E-state index in [1.54, 1.807) is 16.2 Å². The Hall–Kier alpha value is -1.63. The quantitative estimate of drug-likeness (QED) is 0.919. The van der Waals surface area contributed by atoms with Crippen LogP contribution in [0, 0.1) is 12.8 Å². The highest BCUT2D eigenvalue weighted by molar-refractivity contribution is 7.09. The molecule has 1 saturated carbocycles. The molecule has 0 radical (unpaired) electrons. The van der Waals surface area contributed by atoms with Gasteiger partial charge in [0.1, 0.15) is 0 Å². The van der Waals surface area contributed by atoms with Gasteiger partial charge in [-0.15, -0.1) is 11.3 Å². The summed E-state index contributed by atoms with van der Waals surface area (Å²) in [5.74, 6) is 0.536. The van der Waals surface area contributed by atoms with Crippen LogP contribution in [0.3, 0.4) is 0 Å². The van der Waals surface area contributed by atoms with Gasteiger partial charge >= 0.3 is 6.03 Å². The predicted molar refractivity (Wildman–Crippen MR) is 84.6 cm³/mol. The first-order valence-corrected chi connectivity index (χ1v) is 8.74. The van der Waals surface area contributed by atoms with Crippen LogP contribution in [-0.4, -0.2) is 52.9 Å². The van der Waals surface area contributed by atoms with Crippen molar-refractivity contribution in [3.63, 3.8) is 0 Å². The third kappa shape index (κ3) is 3.76. The lowest BCUT2D eigenvalue weighted by atomic mass is 10.3. The van der Waals surface area contributed by atoms with Crippen LogP contribution in [0.4, 0.5) is 4.79 Å². The van der Waals surface area contributed by atoms with Gasteiger partial charge in [-0.2, -0.15) is 0 Å². The second-order valence-electron chi connectivity index (χ2n) is 5.96. The molecule has 2 aliphatic rings. The number of hydrogen-bond acceptors (Lipinski definition) is 4. The summed E-state index contributed by atoms with van der Waals surface area (Å²) in [6, 6.07) is -0.0635. The van der Waals surface area contributed by atoms with Gasteiger partial charge in [0.15, 0.2) is 0 Å². The Kier molecular flexibility index (Phi) is 4.61. The van der Waals surface area contributed by atoms with E-state index in [2.05, 4.69) is 10.3 Å². The third-order valence-electron chi connectivity index (χ3n) is 4.11. The molecule has 7 heteroatoms. The maximum Gasteiger partial charge on any atom is 0.317 e. The van der Waals surface area contributed by atoms with Crippen molar-refractivity contribution in [3.8, 4) is 0 Å². The topological polar surface area (TPSA) is 65.5 Å². The Morgan fingerprint density at radius 2 is 2.00 bits per heavy atom. The van der Waals surface area contributed by atoms with Gasteiger partial charge in [-0.3, -0.25) is 4.79 Å². The van der Waals surface area contributed by atoms with E-state index in [1.165, 1.54) is 0 Å². The summed E-state index contributed by atoms with van der Waals surface area (Å²) in [6.45, 7) is 5.15. The lowest BCUT2D eigenvalue weighted by Crippen LogP contribution is -2.42. The first-order valence-electron chi connectivity index (χ1n) is 7.86. The zero-order valence-corrected chi connectivity index (χ0v) is 13.7. The molecule has 1 aromatic heterocycles. The highest BCUT2D eigenvalue weighted by Crippen LogP contribution is 2.31. The fraction of sp³-hybridized carbons (Fsp3) is 0.667. The van der Waals surface area contributed by atoms with Crippen LogP contribution in [0.25, 0.3) is 0 Å².